The lowest BCUT2D eigenvalue weighted by Gasteiger charge is -2.28. The van der Waals surface area contributed by atoms with Gasteiger partial charge in [-0.05, 0) is 45.0 Å². The van der Waals surface area contributed by atoms with Crippen molar-refractivity contribution < 1.29 is 14.3 Å². The number of nitrogens with one attached hydrogen (secondary N) is 1. The van der Waals surface area contributed by atoms with Gasteiger partial charge in [-0.1, -0.05) is 0 Å². The summed E-state index contributed by atoms with van der Waals surface area (Å²) in [5.74, 6) is 0.931. The highest BCUT2D eigenvalue weighted by Gasteiger charge is 2.21. The maximum Gasteiger partial charge on any atom is 0.164 e. The molecular formula is C16H23NO3. The summed E-state index contributed by atoms with van der Waals surface area (Å²) in [4.78, 5) is 12.2. The zero-order valence-electron chi connectivity index (χ0n) is 12.4. The van der Waals surface area contributed by atoms with E-state index in [2.05, 4.69) is 12.2 Å². The Hall–Kier alpha value is -1.39. The third kappa shape index (κ3) is 4.32. The van der Waals surface area contributed by atoms with E-state index < -0.39 is 0 Å². The minimum Gasteiger partial charge on any atom is -0.491 e. The van der Waals surface area contributed by atoms with Crippen molar-refractivity contribution in [2.24, 2.45) is 0 Å². The van der Waals surface area contributed by atoms with Crippen LogP contribution < -0.4 is 10.1 Å². The molecule has 1 aliphatic rings. The topological polar surface area (TPSA) is 47.6 Å². The molecule has 4 heteroatoms. The van der Waals surface area contributed by atoms with Crippen LogP contribution in [0.4, 0.5) is 0 Å². The second-order valence-electron chi connectivity index (χ2n) is 5.62. The van der Waals surface area contributed by atoms with Crippen LogP contribution in [0, 0.1) is 0 Å². The highest BCUT2D eigenvalue weighted by molar-refractivity contribution is 5.96. The van der Waals surface area contributed by atoms with E-state index in [0.29, 0.717) is 25.7 Å². The SMILES string of the molecule is CC1COCC(CC(=O)c2ccc(OC(C)C)cc2)N1. The van der Waals surface area contributed by atoms with Crippen LogP contribution in [-0.4, -0.2) is 37.2 Å². The molecule has 0 bridgehead atoms. The molecule has 1 aromatic carbocycles. The molecule has 20 heavy (non-hydrogen) atoms. The molecule has 1 N–H and O–H groups in total. The van der Waals surface area contributed by atoms with Crippen LogP contribution in [-0.2, 0) is 4.74 Å². The monoisotopic (exact) mass is 277 g/mol. The minimum atomic E-state index is 0.109. The smallest absolute Gasteiger partial charge is 0.164 e. The van der Waals surface area contributed by atoms with Crippen LogP contribution >= 0.6 is 0 Å². The summed E-state index contributed by atoms with van der Waals surface area (Å²) in [6.45, 7) is 7.34. The molecule has 0 amide bonds. The van der Waals surface area contributed by atoms with Crippen molar-refractivity contribution >= 4 is 5.78 Å². The molecule has 0 radical (unpaired) electrons. The number of benzene rings is 1. The molecule has 2 rings (SSSR count). The number of hydrogen-bond acceptors (Lipinski definition) is 4. The Kier molecular flexibility index (Phi) is 5.15. The minimum absolute atomic E-state index is 0.109. The number of Topliss-reactive ketones (excluding diaryl/α,β-unsaturated/α-hetero) is 1. The lowest BCUT2D eigenvalue weighted by Crippen LogP contribution is -2.48. The number of ketones is 1. The summed E-state index contributed by atoms with van der Waals surface area (Å²) in [5, 5.41) is 3.38. The Labute approximate surface area is 120 Å². The molecule has 1 aromatic rings. The van der Waals surface area contributed by atoms with E-state index in [0.717, 1.165) is 11.3 Å². The summed E-state index contributed by atoms with van der Waals surface area (Å²) in [7, 11) is 0. The maximum atomic E-state index is 12.2. The van der Waals surface area contributed by atoms with Crippen LogP contribution in [0.3, 0.4) is 0 Å². The molecule has 0 spiro atoms. The molecule has 0 saturated carbocycles. The van der Waals surface area contributed by atoms with E-state index in [-0.39, 0.29) is 17.9 Å². The molecule has 1 heterocycles. The summed E-state index contributed by atoms with van der Waals surface area (Å²) in [5.41, 5.74) is 0.723. The van der Waals surface area contributed by atoms with Gasteiger partial charge < -0.3 is 14.8 Å². The van der Waals surface area contributed by atoms with Gasteiger partial charge in [0.25, 0.3) is 0 Å². The van der Waals surface area contributed by atoms with E-state index in [1.165, 1.54) is 0 Å². The zero-order valence-corrected chi connectivity index (χ0v) is 12.4. The Morgan fingerprint density at radius 1 is 1.35 bits per heavy atom. The van der Waals surface area contributed by atoms with Gasteiger partial charge in [-0.15, -0.1) is 0 Å². The fourth-order valence-corrected chi connectivity index (χ4v) is 2.34. The lowest BCUT2D eigenvalue weighted by molar-refractivity contribution is 0.0463. The molecule has 2 atom stereocenters. The number of carbonyl (C=O) groups excluding carboxylic acids is 1. The van der Waals surface area contributed by atoms with E-state index in [1.54, 1.807) is 0 Å². The molecule has 0 aliphatic carbocycles. The molecule has 1 fully saturated rings. The van der Waals surface area contributed by atoms with E-state index in [9.17, 15) is 4.79 Å². The largest absolute Gasteiger partial charge is 0.491 e. The second-order valence-corrected chi connectivity index (χ2v) is 5.62. The fraction of sp³-hybridized carbons (Fsp3) is 0.562. The number of morpholine rings is 1. The first kappa shape index (κ1) is 15.0. The van der Waals surface area contributed by atoms with Gasteiger partial charge in [0.1, 0.15) is 5.75 Å². The van der Waals surface area contributed by atoms with Crippen molar-refractivity contribution in [2.75, 3.05) is 13.2 Å². The van der Waals surface area contributed by atoms with Crippen molar-refractivity contribution in [1.82, 2.24) is 5.32 Å². The fourth-order valence-electron chi connectivity index (χ4n) is 2.34. The first-order chi connectivity index (χ1) is 9.54. The van der Waals surface area contributed by atoms with Gasteiger partial charge in [-0.25, -0.2) is 0 Å². The molecule has 1 aliphatic heterocycles. The zero-order chi connectivity index (χ0) is 14.5. The summed E-state index contributed by atoms with van der Waals surface area (Å²) >= 11 is 0. The second kappa shape index (κ2) is 6.86. The summed E-state index contributed by atoms with van der Waals surface area (Å²) in [6.07, 6.45) is 0.607. The number of ether oxygens (including phenoxy) is 2. The van der Waals surface area contributed by atoms with Crippen molar-refractivity contribution in [2.45, 2.75) is 45.4 Å². The lowest BCUT2D eigenvalue weighted by atomic mass is 10.0. The summed E-state index contributed by atoms with van der Waals surface area (Å²) < 4.78 is 11.0. The average molecular weight is 277 g/mol. The standard InChI is InChI=1S/C16H23NO3/c1-11(2)20-15-6-4-13(5-7-15)16(18)8-14-10-19-9-12(3)17-14/h4-7,11-12,14,17H,8-10H2,1-3H3. The highest BCUT2D eigenvalue weighted by atomic mass is 16.5. The van der Waals surface area contributed by atoms with E-state index in [4.69, 9.17) is 9.47 Å². The van der Waals surface area contributed by atoms with Gasteiger partial charge in [0.15, 0.2) is 5.78 Å². The van der Waals surface area contributed by atoms with Crippen LogP contribution in [0.5, 0.6) is 5.75 Å². The third-order valence-electron chi connectivity index (χ3n) is 3.19. The Morgan fingerprint density at radius 3 is 2.65 bits per heavy atom. The molecule has 110 valence electrons. The van der Waals surface area contributed by atoms with Crippen molar-refractivity contribution in [3.05, 3.63) is 29.8 Å². The van der Waals surface area contributed by atoms with Gasteiger partial charge in [-0.3, -0.25) is 4.79 Å². The van der Waals surface area contributed by atoms with Crippen LogP contribution in [0.1, 0.15) is 37.6 Å². The quantitative estimate of drug-likeness (QED) is 0.840. The maximum absolute atomic E-state index is 12.2. The van der Waals surface area contributed by atoms with Gasteiger partial charge in [-0.2, -0.15) is 0 Å². The van der Waals surface area contributed by atoms with Crippen LogP contribution in [0.2, 0.25) is 0 Å². The number of hydrogen-bond donors (Lipinski definition) is 1. The highest BCUT2D eigenvalue weighted by Crippen LogP contribution is 2.16. The molecule has 0 aromatic heterocycles. The predicted molar refractivity (Wildman–Crippen MR) is 78.4 cm³/mol. The summed E-state index contributed by atoms with van der Waals surface area (Å²) in [6, 6.07) is 7.77. The van der Waals surface area contributed by atoms with Gasteiger partial charge >= 0.3 is 0 Å². The molecule has 4 nitrogen and oxygen atoms in total. The average Bonchev–Trinajstić information content (AvgIpc) is 2.38. The van der Waals surface area contributed by atoms with E-state index in [1.807, 2.05) is 38.1 Å². The third-order valence-corrected chi connectivity index (χ3v) is 3.19. The van der Waals surface area contributed by atoms with Crippen LogP contribution in [0.15, 0.2) is 24.3 Å². The Bertz CT molecular complexity index is 442. The normalized spacial score (nSPS) is 22.8. The number of carbonyl (C=O) groups is 1. The predicted octanol–water partition coefficient (Wildman–Crippen LogP) is 2.42. The Morgan fingerprint density at radius 2 is 2.05 bits per heavy atom. The van der Waals surface area contributed by atoms with Crippen LogP contribution in [0.25, 0.3) is 0 Å². The first-order valence-corrected chi connectivity index (χ1v) is 7.18. The number of rotatable bonds is 5. The molecule has 1 saturated heterocycles. The molecular weight excluding hydrogens is 254 g/mol. The van der Waals surface area contributed by atoms with Gasteiger partial charge in [0.05, 0.1) is 19.3 Å². The van der Waals surface area contributed by atoms with Gasteiger partial charge in [0, 0.05) is 24.1 Å². The Balaban J connectivity index is 1.91. The van der Waals surface area contributed by atoms with Crippen molar-refractivity contribution in [1.29, 1.82) is 0 Å². The first-order valence-electron chi connectivity index (χ1n) is 7.18. The van der Waals surface area contributed by atoms with E-state index >= 15 is 0 Å². The van der Waals surface area contributed by atoms with Crippen molar-refractivity contribution in [3.63, 3.8) is 0 Å². The molecule has 2 unspecified atom stereocenters. The van der Waals surface area contributed by atoms with Crippen molar-refractivity contribution in [3.8, 4) is 5.75 Å². The van der Waals surface area contributed by atoms with Gasteiger partial charge in [0.2, 0.25) is 0 Å².